The van der Waals surface area contributed by atoms with E-state index in [4.69, 9.17) is 4.74 Å². The van der Waals surface area contributed by atoms with Crippen LogP contribution in [-0.4, -0.2) is 52.1 Å². The van der Waals surface area contributed by atoms with Gasteiger partial charge in [-0.3, -0.25) is 4.79 Å². The van der Waals surface area contributed by atoms with Crippen molar-refractivity contribution < 1.29 is 9.53 Å². The molecular formula is C20H26N6O2S. The number of nitrogens with one attached hydrogen (secondary N) is 2. The molecule has 0 aliphatic carbocycles. The quantitative estimate of drug-likeness (QED) is 0.410. The number of benzene rings is 1. The van der Waals surface area contributed by atoms with Gasteiger partial charge in [-0.05, 0) is 30.4 Å². The monoisotopic (exact) mass is 414 g/mol. The number of hydrogen-bond acceptors (Lipinski definition) is 7. The molecule has 0 saturated carbocycles. The van der Waals surface area contributed by atoms with Gasteiger partial charge in [-0.2, -0.15) is 5.10 Å². The Morgan fingerprint density at radius 2 is 2.14 bits per heavy atom. The Morgan fingerprint density at radius 3 is 2.86 bits per heavy atom. The summed E-state index contributed by atoms with van der Waals surface area (Å²) in [5.41, 5.74) is 1.31. The number of aromatic nitrogens is 4. The average Bonchev–Trinajstić information content (AvgIpc) is 3.14. The third-order valence-corrected chi connectivity index (χ3v) is 4.82. The van der Waals surface area contributed by atoms with E-state index in [1.54, 1.807) is 42.3 Å². The maximum Gasteiger partial charge on any atom is 0.251 e. The number of fused-ring (bicyclic) bond motifs is 1. The van der Waals surface area contributed by atoms with Crippen LogP contribution in [0.5, 0.6) is 5.75 Å². The van der Waals surface area contributed by atoms with Crippen molar-refractivity contribution >= 4 is 34.5 Å². The molecule has 0 unspecified atom stereocenters. The van der Waals surface area contributed by atoms with E-state index >= 15 is 0 Å². The zero-order valence-electron chi connectivity index (χ0n) is 17.1. The minimum absolute atomic E-state index is 0.154. The van der Waals surface area contributed by atoms with Crippen LogP contribution in [0.1, 0.15) is 24.2 Å². The number of ether oxygens (including phenoxy) is 1. The summed E-state index contributed by atoms with van der Waals surface area (Å²) < 4.78 is 6.96. The molecule has 2 aromatic heterocycles. The van der Waals surface area contributed by atoms with Gasteiger partial charge in [0.05, 0.1) is 25.2 Å². The van der Waals surface area contributed by atoms with Crippen LogP contribution < -0.4 is 15.4 Å². The lowest BCUT2D eigenvalue weighted by atomic mass is 10.2. The molecule has 9 heteroatoms. The van der Waals surface area contributed by atoms with Crippen molar-refractivity contribution in [2.24, 2.45) is 5.92 Å². The fourth-order valence-corrected chi connectivity index (χ4v) is 3.13. The van der Waals surface area contributed by atoms with Gasteiger partial charge in [0.15, 0.2) is 10.8 Å². The van der Waals surface area contributed by atoms with Gasteiger partial charge in [0.1, 0.15) is 11.6 Å². The molecule has 0 saturated heterocycles. The molecule has 1 amide bonds. The SMILES string of the molecule is COc1cccc(C(=O)NCCn2ncc3c(NCC(C)C)nc(SC)nc32)c1. The molecule has 2 heterocycles. The van der Waals surface area contributed by atoms with Crippen LogP contribution >= 0.6 is 11.8 Å². The van der Waals surface area contributed by atoms with Crippen LogP contribution in [0.15, 0.2) is 35.6 Å². The molecule has 3 aromatic rings. The smallest absolute Gasteiger partial charge is 0.251 e. The Labute approximate surface area is 174 Å². The number of methoxy groups -OCH3 is 1. The highest BCUT2D eigenvalue weighted by atomic mass is 32.2. The molecule has 8 nitrogen and oxygen atoms in total. The number of thioether (sulfide) groups is 1. The maximum absolute atomic E-state index is 12.4. The highest BCUT2D eigenvalue weighted by Crippen LogP contribution is 2.23. The van der Waals surface area contributed by atoms with E-state index in [1.807, 2.05) is 6.26 Å². The molecule has 154 valence electrons. The highest BCUT2D eigenvalue weighted by Gasteiger charge is 2.13. The minimum Gasteiger partial charge on any atom is -0.497 e. The summed E-state index contributed by atoms with van der Waals surface area (Å²) in [5.74, 6) is 1.79. The van der Waals surface area contributed by atoms with E-state index in [0.29, 0.717) is 35.5 Å². The van der Waals surface area contributed by atoms with Gasteiger partial charge >= 0.3 is 0 Å². The number of rotatable bonds is 9. The Hall–Kier alpha value is -2.81. The Bertz CT molecular complexity index is 988. The standard InChI is InChI=1S/C20H26N6O2S/c1-13(2)11-22-17-16-12-23-26(18(16)25-20(24-17)29-4)9-8-21-19(27)14-6-5-7-15(10-14)28-3/h5-7,10,12-13H,8-9,11H2,1-4H3,(H,21,27)(H,22,24,25). The number of anilines is 1. The second-order valence-corrected chi connectivity index (χ2v) is 7.70. The van der Waals surface area contributed by atoms with E-state index in [0.717, 1.165) is 23.4 Å². The molecule has 1 aromatic carbocycles. The lowest BCUT2D eigenvalue weighted by Crippen LogP contribution is -2.27. The normalized spacial score (nSPS) is 11.1. The van der Waals surface area contributed by atoms with E-state index in [2.05, 4.69) is 39.5 Å². The molecule has 0 radical (unpaired) electrons. The van der Waals surface area contributed by atoms with Crippen molar-refractivity contribution in [3.05, 3.63) is 36.0 Å². The summed E-state index contributed by atoms with van der Waals surface area (Å²) in [4.78, 5) is 21.6. The molecule has 0 atom stereocenters. The van der Waals surface area contributed by atoms with Crippen LogP contribution in [0.4, 0.5) is 5.82 Å². The van der Waals surface area contributed by atoms with E-state index in [9.17, 15) is 4.79 Å². The third-order valence-electron chi connectivity index (χ3n) is 4.28. The zero-order chi connectivity index (χ0) is 20.8. The zero-order valence-corrected chi connectivity index (χ0v) is 17.9. The Morgan fingerprint density at radius 1 is 1.31 bits per heavy atom. The largest absolute Gasteiger partial charge is 0.497 e. The van der Waals surface area contributed by atoms with Gasteiger partial charge < -0.3 is 15.4 Å². The first-order chi connectivity index (χ1) is 14.0. The van der Waals surface area contributed by atoms with Gasteiger partial charge in [0.2, 0.25) is 0 Å². The first-order valence-electron chi connectivity index (χ1n) is 9.45. The van der Waals surface area contributed by atoms with Gasteiger partial charge in [-0.1, -0.05) is 31.7 Å². The summed E-state index contributed by atoms with van der Waals surface area (Å²) in [6.45, 7) is 6.06. The average molecular weight is 415 g/mol. The first kappa shape index (κ1) is 20.9. The van der Waals surface area contributed by atoms with E-state index in [1.165, 1.54) is 11.8 Å². The van der Waals surface area contributed by atoms with Gasteiger partial charge in [0, 0.05) is 18.7 Å². The van der Waals surface area contributed by atoms with Crippen molar-refractivity contribution in [2.45, 2.75) is 25.5 Å². The predicted octanol–water partition coefficient (Wildman–Crippen LogP) is 3.05. The second-order valence-electron chi connectivity index (χ2n) is 6.93. The molecule has 0 aliphatic heterocycles. The van der Waals surface area contributed by atoms with Crippen LogP contribution in [0.3, 0.4) is 0 Å². The van der Waals surface area contributed by atoms with Crippen molar-refractivity contribution in [3.8, 4) is 5.75 Å². The number of nitrogens with zero attached hydrogens (tertiary/aromatic N) is 4. The van der Waals surface area contributed by atoms with Crippen LogP contribution in [-0.2, 0) is 6.54 Å². The fraction of sp³-hybridized carbons (Fsp3) is 0.400. The van der Waals surface area contributed by atoms with Crippen LogP contribution in [0.25, 0.3) is 11.0 Å². The van der Waals surface area contributed by atoms with Gasteiger partial charge in [0.25, 0.3) is 5.91 Å². The maximum atomic E-state index is 12.4. The number of hydrogen-bond donors (Lipinski definition) is 2. The Balaban J connectivity index is 1.71. The molecule has 3 rings (SSSR count). The Kier molecular flexibility index (Phi) is 6.92. The molecular weight excluding hydrogens is 388 g/mol. The molecule has 0 fully saturated rings. The number of amides is 1. The third kappa shape index (κ3) is 5.17. The molecule has 0 aliphatic rings. The van der Waals surface area contributed by atoms with Crippen LogP contribution in [0, 0.1) is 5.92 Å². The van der Waals surface area contributed by atoms with Gasteiger partial charge in [-0.15, -0.1) is 0 Å². The van der Waals surface area contributed by atoms with Crippen molar-refractivity contribution in [2.75, 3.05) is 31.8 Å². The lowest BCUT2D eigenvalue weighted by molar-refractivity contribution is 0.0951. The summed E-state index contributed by atoms with van der Waals surface area (Å²) in [5, 5.41) is 12.3. The van der Waals surface area contributed by atoms with Crippen molar-refractivity contribution in [3.63, 3.8) is 0 Å². The van der Waals surface area contributed by atoms with E-state index < -0.39 is 0 Å². The van der Waals surface area contributed by atoms with E-state index in [-0.39, 0.29) is 5.91 Å². The summed E-state index contributed by atoms with van der Waals surface area (Å²) in [7, 11) is 1.58. The molecule has 0 bridgehead atoms. The lowest BCUT2D eigenvalue weighted by Gasteiger charge is -2.11. The van der Waals surface area contributed by atoms with Crippen molar-refractivity contribution in [1.29, 1.82) is 0 Å². The molecule has 29 heavy (non-hydrogen) atoms. The minimum atomic E-state index is -0.154. The van der Waals surface area contributed by atoms with Crippen molar-refractivity contribution in [1.82, 2.24) is 25.1 Å². The number of carbonyl (C=O) groups is 1. The predicted molar refractivity (Wildman–Crippen MR) is 116 cm³/mol. The highest BCUT2D eigenvalue weighted by molar-refractivity contribution is 7.98. The molecule has 0 spiro atoms. The van der Waals surface area contributed by atoms with Crippen LogP contribution in [0.2, 0.25) is 0 Å². The fourth-order valence-electron chi connectivity index (χ4n) is 2.77. The number of carbonyl (C=O) groups excluding carboxylic acids is 1. The molecule has 2 N–H and O–H groups in total. The summed E-state index contributed by atoms with van der Waals surface area (Å²) in [6.07, 6.45) is 3.72. The first-order valence-corrected chi connectivity index (χ1v) is 10.7. The summed E-state index contributed by atoms with van der Waals surface area (Å²) in [6, 6.07) is 7.07. The van der Waals surface area contributed by atoms with Gasteiger partial charge in [-0.25, -0.2) is 14.6 Å². The topological polar surface area (TPSA) is 94.0 Å². The summed E-state index contributed by atoms with van der Waals surface area (Å²) >= 11 is 1.49. The second kappa shape index (κ2) is 9.60.